The fraction of sp³-hybridized carbons (Fsp3) is 0.472. The highest BCUT2D eigenvalue weighted by Crippen LogP contribution is 2.29. The van der Waals surface area contributed by atoms with Crippen molar-refractivity contribution in [3.8, 4) is 11.5 Å². The SMILES string of the molecule is CCC(C)c1ccc(O)cc1.CCC(C)c1ccc(OCC(=O)OCCC(F)C(F)(F)S(=O)(=O)[O-])cc1.CCC(C)c1ccccc1. The van der Waals surface area contributed by atoms with Gasteiger partial charge in [-0.25, -0.2) is 17.6 Å². The first-order valence-corrected chi connectivity index (χ1v) is 17.2. The molecule has 3 rings (SSSR count). The first-order chi connectivity index (χ1) is 22.1. The predicted molar refractivity (Wildman–Crippen MR) is 178 cm³/mol. The van der Waals surface area contributed by atoms with Crippen LogP contribution in [0.2, 0.25) is 0 Å². The van der Waals surface area contributed by atoms with Crippen LogP contribution in [0, 0.1) is 0 Å². The number of phenols is 1. The number of ether oxygens (including phenoxy) is 2. The van der Waals surface area contributed by atoms with Crippen LogP contribution in [0.3, 0.4) is 0 Å². The summed E-state index contributed by atoms with van der Waals surface area (Å²) < 4.78 is 79.4. The number of benzene rings is 3. The third kappa shape index (κ3) is 14.8. The van der Waals surface area contributed by atoms with Crippen LogP contribution in [0.4, 0.5) is 13.2 Å². The van der Waals surface area contributed by atoms with Crippen LogP contribution in [0.25, 0.3) is 0 Å². The lowest BCUT2D eigenvalue weighted by molar-refractivity contribution is -0.147. The van der Waals surface area contributed by atoms with Crippen molar-refractivity contribution < 1.29 is 45.5 Å². The molecule has 0 radical (unpaired) electrons. The van der Waals surface area contributed by atoms with E-state index in [-0.39, 0.29) is 0 Å². The Labute approximate surface area is 277 Å². The quantitative estimate of drug-likeness (QED) is 0.133. The Morgan fingerprint density at radius 2 is 1.21 bits per heavy atom. The van der Waals surface area contributed by atoms with Crippen molar-refractivity contribution in [1.82, 2.24) is 0 Å². The van der Waals surface area contributed by atoms with Gasteiger partial charge in [-0.3, -0.25) is 0 Å². The van der Waals surface area contributed by atoms with Gasteiger partial charge in [-0.1, -0.05) is 96.1 Å². The summed E-state index contributed by atoms with van der Waals surface area (Å²) in [6.07, 6.45) is -1.07. The van der Waals surface area contributed by atoms with E-state index in [0.717, 1.165) is 18.4 Å². The number of alkyl halides is 3. The molecule has 0 spiro atoms. The van der Waals surface area contributed by atoms with Gasteiger partial charge in [0.05, 0.1) is 6.61 Å². The van der Waals surface area contributed by atoms with Crippen molar-refractivity contribution in [2.75, 3.05) is 13.2 Å². The Morgan fingerprint density at radius 3 is 1.64 bits per heavy atom. The largest absolute Gasteiger partial charge is 0.743 e. The standard InChI is InChI=1S/C16H21F3O6S.C10H14O.C10H14/c1-3-11(2)12-4-6-13(7-5-12)25-10-15(20)24-9-8-14(17)16(18,19)26(21,22)23;1-3-8(2)9-4-6-10(11)7-5-9;1-3-9(2)10-7-5-4-6-8-10/h4-7,11,14H,3,8-10H2,1-2H3,(H,21,22,23);4-8,11H,3H2,1-2H3;4-9H,3H2,1-2H3/p-1. The molecule has 1 N–H and O–H groups in total. The van der Waals surface area contributed by atoms with Crippen LogP contribution in [0.15, 0.2) is 78.9 Å². The van der Waals surface area contributed by atoms with E-state index in [1.165, 1.54) is 17.5 Å². The number of halogens is 3. The van der Waals surface area contributed by atoms with E-state index >= 15 is 0 Å². The lowest BCUT2D eigenvalue weighted by Gasteiger charge is -2.23. The molecular formula is C36H48F3O7S-. The van der Waals surface area contributed by atoms with Crippen LogP contribution in [0.5, 0.6) is 11.5 Å². The fourth-order valence-electron chi connectivity index (χ4n) is 3.97. The topological polar surface area (TPSA) is 113 Å². The molecule has 0 saturated carbocycles. The molecule has 0 aromatic heterocycles. The van der Waals surface area contributed by atoms with Gasteiger partial charge in [0.15, 0.2) is 22.9 Å². The van der Waals surface area contributed by atoms with Crippen LogP contribution >= 0.6 is 0 Å². The number of hydrogen-bond donors (Lipinski definition) is 1. The Kier molecular flexibility index (Phi) is 18.2. The Hall–Kier alpha value is -3.57. The van der Waals surface area contributed by atoms with Gasteiger partial charge in [0.25, 0.3) is 0 Å². The summed E-state index contributed by atoms with van der Waals surface area (Å²) in [5.41, 5.74) is 3.85. The van der Waals surface area contributed by atoms with Crippen LogP contribution in [0.1, 0.15) is 102 Å². The molecule has 0 aliphatic carbocycles. The summed E-state index contributed by atoms with van der Waals surface area (Å²) in [4.78, 5) is 11.4. The van der Waals surface area contributed by atoms with Gasteiger partial charge in [-0.05, 0) is 78.0 Å². The molecule has 4 atom stereocenters. The molecule has 0 fully saturated rings. The number of hydrogen-bond acceptors (Lipinski definition) is 7. The average molecular weight is 682 g/mol. The molecule has 0 saturated heterocycles. The number of carbonyl (C=O) groups is 1. The van der Waals surface area contributed by atoms with E-state index in [0.29, 0.717) is 29.3 Å². The minimum Gasteiger partial charge on any atom is -0.743 e. The molecule has 3 aromatic carbocycles. The minimum absolute atomic E-state index is 0.344. The molecule has 262 valence electrons. The molecule has 0 heterocycles. The zero-order valence-corrected chi connectivity index (χ0v) is 28.8. The van der Waals surface area contributed by atoms with Crippen molar-refractivity contribution >= 4 is 16.1 Å². The Morgan fingerprint density at radius 1 is 0.787 bits per heavy atom. The molecule has 0 aliphatic rings. The third-order valence-corrected chi connectivity index (χ3v) is 8.73. The highest BCUT2D eigenvalue weighted by atomic mass is 32.2. The minimum atomic E-state index is -6.13. The lowest BCUT2D eigenvalue weighted by Crippen LogP contribution is -2.39. The van der Waals surface area contributed by atoms with Crippen LogP contribution < -0.4 is 4.74 Å². The maximum atomic E-state index is 13.2. The Bertz CT molecular complexity index is 1400. The number of phenolic OH excluding ortho intramolecular Hbond substituents is 1. The molecule has 4 unspecified atom stereocenters. The lowest BCUT2D eigenvalue weighted by atomic mass is 9.99. The van der Waals surface area contributed by atoms with E-state index in [1.807, 2.05) is 24.3 Å². The Balaban J connectivity index is 0.000000426. The van der Waals surface area contributed by atoms with Gasteiger partial charge in [-0.15, -0.1) is 0 Å². The number of carbonyl (C=O) groups excluding carboxylic acids is 1. The molecule has 11 heteroatoms. The molecular weight excluding hydrogens is 633 g/mol. The predicted octanol–water partition coefficient (Wildman–Crippen LogP) is 9.09. The normalized spacial score (nSPS) is 13.8. The van der Waals surface area contributed by atoms with Gasteiger partial charge in [-0.2, -0.15) is 8.78 Å². The molecule has 0 aliphatic heterocycles. The molecule has 0 amide bonds. The zero-order valence-electron chi connectivity index (χ0n) is 28.0. The van der Waals surface area contributed by atoms with Crippen LogP contribution in [-0.4, -0.2) is 48.7 Å². The van der Waals surface area contributed by atoms with Crippen molar-refractivity contribution in [1.29, 1.82) is 0 Å². The van der Waals surface area contributed by atoms with E-state index in [4.69, 9.17) is 9.84 Å². The van der Waals surface area contributed by atoms with Gasteiger partial charge in [0.1, 0.15) is 11.5 Å². The second-order valence-electron chi connectivity index (χ2n) is 11.3. The first kappa shape index (κ1) is 41.5. The van der Waals surface area contributed by atoms with Gasteiger partial charge in [0.2, 0.25) is 0 Å². The van der Waals surface area contributed by atoms with E-state index in [2.05, 4.69) is 76.6 Å². The molecule has 3 aromatic rings. The third-order valence-electron chi connectivity index (χ3n) is 7.81. The summed E-state index contributed by atoms with van der Waals surface area (Å²) in [6, 6.07) is 25.1. The average Bonchev–Trinajstić information content (AvgIpc) is 3.07. The highest BCUT2D eigenvalue weighted by Gasteiger charge is 2.47. The monoisotopic (exact) mass is 681 g/mol. The second-order valence-corrected chi connectivity index (χ2v) is 12.7. The highest BCUT2D eigenvalue weighted by molar-refractivity contribution is 7.86. The summed E-state index contributed by atoms with van der Waals surface area (Å²) in [5.74, 6) is 1.46. The van der Waals surface area contributed by atoms with E-state index in [9.17, 15) is 30.9 Å². The molecule has 7 nitrogen and oxygen atoms in total. The number of esters is 1. The molecule has 0 bridgehead atoms. The van der Waals surface area contributed by atoms with Gasteiger partial charge in [0, 0.05) is 6.42 Å². The zero-order chi connectivity index (χ0) is 35.6. The fourth-order valence-corrected chi connectivity index (χ4v) is 4.40. The van der Waals surface area contributed by atoms with Crippen molar-refractivity contribution in [3.63, 3.8) is 0 Å². The van der Waals surface area contributed by atoms with Crippen molar-refractivity contribution in [3.05, 3.63) is 95.6 Å². The van der Waals surface area contributed by atoms with E-state index < -0.39 is 47.1 Å². The molecule has 47 heavy (non-hydrogen) atoms. The maximum absolute atomic E-state index is 13.2. The van der Waals surface area contributed by atoms with Gasteiger partial charge >= 0.3 is 11.2 Å². The van der Waals surface area contributed by atoms with E-state index in [1.54, 1.807) is 24.3 Å². The number of rotatable bonds is 14. The summed E-state index contributed by atoms with van der Waals surface area (Å²) in [6.45, 7) is 11.6. The van der Waals surface area contributed by atoms with Gasteiger partial charge < -0.3 is 19.1 Å². The second kappa shape index (κ2) is 20.6. The first-order valence-electron chi connectivity index (χ1n) is 15.8. The van der Waals surface area contributed by atoms with Crippen LogP contribution in [-0.2, 0) is 19.6 Å². The summed E-state index contributed by atoms with van der Waals surface area (Å²) in [7, 11) is -6.13. The summed E-state index contributed by atoms with van der Waals surface area (Å²) >= 11 is 0. The smallest absolute Gasteiger partial charge is 0.364 e. The number of aromatic hydroxyl groups is 1. The maximum Gasteiger partial charge on any atom is 0.364 e. The summed E-state index contributed by atoms with van der Waals surface area (Å²) in [5, 5.41) is 3.94. The van der Waals surface area contributed by atoms with Crippen molar-refractivity contribution in [2.24, 2.45) is 0 Å². The van der Waals surface area contributed by atoms with Crippen molar-refractivity contribution in [2.45, 2.75) is 96.4 Å².